The van der Waals surface area contributed by atoms with Gasteiger partial charge in [0.05, 0.1) is 0 Å². The molecule has 0 N–H and O–H groups in total. The summed E-state index contributed by atoms with van der Waals surface area (Å²) in [5.74, 6) is 5.11. The normalized spacial score (nSPS) is 43.5. The molecule has 0 heterocycles. The summed E-state index contributed by atoms with van der Waals surface area (Å²) in [6, 6.07) is 0. The van der Waals surface area contributed by atoms with Gasteiger partial charge in [-0.1, -0.05) is 25.0 Å². The molecule has 3 aliphatic carbocycles. The second-order valence-corrected chi connectivity index (χ2v) is 6.11. The maximum atomic E-state index is 2.51. The molecule has 0 bridgehead atoms. The molecule has 0 radical (unpaired) electrons. The van der Waals surface area contributed by atoms with Crippen molar-refractivity contribution in [2.24, 2.45) is 29.6 Å². The summed E-state index contributed by atoms with van der Waals surface area (Å²) in [6.45, 7) is 7.32. The lowest BCUT2D eigenvalue weighted by Gasteiger charge is -2.14. The highest BCUT2D eigenvalue weighted by atomic mass is 14.6. The molecule has 0 aliphatic heterocycles. The quantitative estimate of drug-likeness (QED) is 0.577. The zero-order valence-corrected chi connectivity index (χ0v) is 9.72. The summed E-state index contributed by atoms with van der Waals surface area (Å²) < 4.78 is 0. The number of hydrogen-bond donors (Lipinski definition) is 0. The molecular formula is C14H22. The van der Waals surface area contributed by atoms with E-state index in [1.165, 1.54) is 25.7 Å². The van der Waals surface area contributed by atoms with E-state index in [4.69, 9.17) is 0 Å². The van der Waals surface area contributed by atoms with E-state index in [9.17, 15) is 0 Å². The van der Waals surface area contributed by atoms with Crippen molar-refractivity contribution in [1.82, 2.24) is 0 Å². The van der Waals surface area contributed by atoms with Gasteiger partial charge in [0.15, 0.2) is 0 Å². The number of allylic oxidation sites excluding steroid dienone is 2. The van der Waals surface area contributed by atoms with Crippen LogP contribution >= 0.6 is 0 Å². The van der Waals surface area contributed by atoms with Gasteiger partial charge in [0.25, 0.3) is 0 Å². The molecule has 0 nitrogen and oxygen atoms in total. The molecule has 78 valence electrons. The van der Waals surface area contributed by atoms with Crippen molar-refractivity contribution in [2.75, 3.05) is 0 Å². The first-order valence-electron chi connectivity index (χ1n) is 6.38. The molecule has 0 aromatic carbocycles. The van der Waals surface area contributed by atoms with E-state index in [2.05, 4.69) is 20.8 Å². The second-order valence-electron chi connectivity index (χ2n) is 6.11. The SMILES string of the molecule is CC1=C2C(CC(C)C1)C2C(C)C1CC1. The Morgan fingerprint density at radius 3 is 2.64 bits per heavy atom. The van der Waals surface area contributed by atoms with Crippen LogP contribution in [0.2, 0.25) is 0 Å². The van der Waals surface area contributed by atoms with E-state index in [-0.39, 0.29) is 0 Å². The Balaban J connectivity index is 1.77. The minimum Gasteiger partial charge on any atom is -0.0732 e. The Hall–Kier alpha value is -0.260. The maximum Gasteiger partial charge on any atom is -0.0103 e. The van der Waals surface area contributed by atoms with E-state index >= 15 is 0 Å². The van der Waals surface area contributed by atoms with Gasteiger partial charge in [-0.3, -0.25) is 0 Å². The number of fused-ring (bicyclic) bond motifs is 1. The van der Waals surface area contributed by atoms with Gasteiger partial charge in [-0.25, -0.2) is 0 Å². The van der Waals surface area contributed by atoms with Gasteiger partial charge >= 0.3 is 0 Å². The average Bonchev–Trinajstić information content (AvgIpc) is 2.97. The molecule has 0 aromatic rings. The lowest BCUT2D eigenvalue weighted by Crippen LogP contribution is -2.04. The van der Waals surface area contributed by atoms with Crippen LogP contribution in [0.5, 0.6) is 0 Å². The van der Waals surface area contributed by atoms with Gasteiger partial charge < -0.3 is 0 Å². The first kappa shape index (κ1) is 9.00. The minimum atomic E-state index is 0.958. The maximum absolute atomic E-state index is 2.51. The van der Waals surface area contributed by atoms with E-state index in [0.29, 0.717) is 0 Å². The predicted octanol–water partition coefficient (Wildman–Crippen LogP) is 4.02. The average molecular weight is 190 g/mol. The molecule has 0 amide bonds. The molecule has 14 heavy (non-hydrogen) atoms. The van der Waals surface area contributed by atoms with Gasteiger partial charge in [0, 0.05) is 0 Å². The third kappa shape index (κ3) is 1.26. The summed E-state index contributed by atoms with van der Waals surface area (Å²) in [5, 5.41) is 0. The molecular weight excluding hydrogens is 168 g/mol. The van der Waals surface area contributed by atoms with Crippen LogP contribution < -0.4 is 0 Å². The Kier molecular flexibility index (Phi) is 1.84. The van der Waals surface area contributed by atoms with E-state index in [1.54, 1.807) is 5.57 Å². The van der Waals surface area contributed by atoms with Crippen molar-refractivity contribution < 1.29 is 0 Å². The highest BCUT2D eigenvalue weighted by molar-refractivity contribution is 5.38. The molecule has 2 saturated carbocycles. The van der Waals surface area contributed by atoms with Crippen molar-refractivity contribution in [3.63, 3.8) is 0 Å². The molecule has 0 heteroatoms. The Morgan fingerprint density at radius 1 is 1.29 bits per heavy atom. The van der Waals surface area contributed by atoms with Crippen molar-refractivity contribution in [2.45, 2.75) is 46.5 Å². The minimum absolute atomic E-state index is 0.958. The van der Waals surface area contributed by atoms with Crippen molar-refractivity contribution in [3.05, 3.63) is 11.1 Å². The summed E-state index contributed by atoms with van der Waals surface area (Å²) in [6.07, 6.45) is 5.92. The molecule has 0 spiro atoms. The molecule has 3 aliphatic rings. The Labute approximate surface area is 87.8 Å². The van der Waals surface area contributed by atoms with Gasteiger partial charge in [0.1, 0.15) is 0 Å². The van der Waals surface area contributed by atoms with Crippen LogP contribution in [0.4, 0.5) is 0 Å². The van der Waals surface area contributed by atoms with Crippen molar-refractivity contribution in [1.29, 1.82) is 0 Å². The third-order valence-corrected chi connectivity index (χ3v) is 4.82. The lowest BCUT2D eigenvalue weighted by molar-refractivity contribution is 0.391. The molecule has 4 unspecified atom stereocenters. The Bertz CT molecular complexity index is 282. The smallest absolute Gasteiger partial charge is 0.0103 e. The second kappa shape index (κ2) is 2.87. The molecule has 0 aromatic heterocycles. The molecule has 4 atom stereocenters. The highest BCUT2D eigenvalue weighted by Gasteiger charge is 2.53. The lowest BCUT2D eigenvalue weighted by atomic mass is 9.91. The van der Waals surface area contributed by atoms with Crippen LogP contribution in [-0.2, 0) is 0 Å². The number of rotatable bonds is 2. The fourth-order valence-electron chi connectivity index (χ4n) is 3.94. The Morgan fingerprint density at radius 2 is 2.00 bits per heavy atom. The molecule has 0 saturated heterocycles. The van der Waals surface area contributed by atoms with Gasteiger partial charge in [-0.05, 0) is 62.2 Å². The largest absolute Gasteiger partial charge is 0.0732 e. The summed E-state index contributed by atoms with van der Waals surface area (Å²) in [5.41, 5.74) is 3.65. The predicted molar refractivity (Wildman–Crippen MR) is 60.0 cm³/mol. The van der Waals surface area contributed by atoms with Crippen LogP contribution in [-0.4, -0.2) is 0 Å². The van der Waals surface area contributed by atoms with E-state index in [0.717, 1.165) is 29.6 Å². The standard InChI is InChI=1S/C14H22/c1-8-6-9(2)13-12(7-8)14(13)10(3)11-4-5-11/h8,10-12,14H,4-7H2,1-3H3. The van der Waals surface area contributed by atoms with E-state index < -0.39 is 0 Å². The van der Waals surface area contributed by atoms with Crippen LogP contribution in [0.25, 0.3) is 0 Å². The van der Waals surface area contributed by atoms with Gasteiger partial charge in [-0.15, -0.1) is 0 Å². The van der Waals surface area contributed by atoms with Crippen LogP contribution in [0.3, 0.4) is 0 Å². The van der Waals surface area contributed by atoms with Crippen LogP contribution in [0.1, 0.15) is 46.5 Å². The van der Waals surface area contributed by atoms with Crippen LogP contribution in [0, 0.1) is 29.6 Å². The zero-order valence-electron chi connectivity index (χ0n) is 9.72. The molecule has 3 rings (SSSR count). The van der Waals surface area contributed by atoms with E-state index in [1.807, 2.05) is 5.57 Å². The monoisotopic (exact) mass is 190 g/mol. The van der Waals surface area contributed by atoms with Crippen molar-refractivity contribution >= 4 is 0 Å². The highest BCUT2D eigenvalue weighted by Crippen LogP contribution is 2.62. The zero-order chi connectivity index (χ0) is 9.87. The van der Waals surface area contributed by atoms with Crippen LogP contribution in [0.15, 0.2) is 11.1 Å². The fourth-order valence-corrected chi connectivity index (χ4v) is 3.94. The summed E-state index contributed by atoms with van der Waals surface area (Å²) >= 11 is 0. The molecule has 2 fully saturated rings. The van der Waals surface area contributed by atoms with Gasteiger partial charge in [-0.2, -0.15) is 0 Å². The fraction of sp³-hybridized carbons (Fsp3) is 0.857. The number of hydrogen-bond acceptors (Lipinski definition) is 0. The third-order valence-electron chi connectivity index (χ3n) is 4.82. The topological polar surface area (TPSA) is 0 Å². The van der Waals surface area contributed by atoms with Gasteiger partial charge in [0.2, 0.25) is 0 Å². The summed E-state index contributed by atoms with van der Waals surface area (Å²) in [7, 11) is 0. The van der Waals surface area contributed by atoms with Crippen molar-refractivity contribution in [3.8, 4) is 0 Å². The summed E-state index contributed by atoms with van der Waals surface area (Å²) in [4.78, 5) is 0. The first-order chi connectivity index (χ1) is 6.68. The first-order valence-corrected chi connectivity index (χ1v) is 6.38.